The van der Waals surface area contributed by atoms with Gasteiger partial charge in [-0.2, -0.15) is 0 Å². The number of thiazole rings is 1. The summed E-state index contributed by atoms with van der Waals surface area (Å²) >= 11 is 1.65. The largest absolute Gasteiger partial charge is 0.361 e. The molecule has 1 amide bonds. The lowest BCUT2D eigenvalue weighted by atomic mass is 9.95. The molecule has 0 saturated carbocycles. The smallest absolute Gasteiger partial charge is 0.223 e. The molecular weight excluding hydrogens is 336 g/mol. The number of carbonyl (C=O) groups excluding carboxylic acids is 1. The third kappa shape index (κ3) is 3.11. The minimum absolute atomic E-state index is 0.270. The molecule has 2 saturated heterocycles. The lowest BCUT2D eigenvalue weighted by Gasteiger charge is -2.39. The first-order valence-corrected chi connectivity index (χ1v) is 9.77. The Morgan fingerprint density at radius 1 is 1.24 bits per heavy atom. The summed E-state index contributed by atoms with van der Waals surface area (Å²) in [7, 11) is 0. The van der Waals surface area contributed by atoms with Gasteiger partial charge >= 0.3 is 0 Å². The van der Waals surface area contributed by atoms with E-state index in [1.165, 1.54) is 5.56 Å². The van der Waals surface area contributed by atoms with Gasteiger partial charge in [0.15, 0.2) is 0 Å². The molecule has 0 spiro atoms. The molecule has 134 valence electrons. The summed E-state index contributed by atoms with van der Waals surface area (Å²) in [5, 5.41) is 7.20. The molecule has 2 aromatic rings. The van der Waals surface area contributed by atoms with Crippen molar-refractivity contribution in [2.24, 2.45) is 0 Å². The first-order valence-electron chi connectivity index (χ1n) is 8.89. The molecule has 0 aliphatic carbocycles. The summed E-state index contributed by atoms with van der Waals surface area (Å²) in [5.74, 6) is 1.17. The Bertz CT molecular complexity index is 764. The topological polar surface area (TPSA) is 62.5 Å². The standard InChI is InChI=1S/C18H24N4O2S/c1-11-15(12(2)24-20-11)9-21-7-6-17-16(21)4-5-18(23)22(17)8-14-10-25-13(3)19-14/h10,16-17H,4-9H2,1-3H3/t16-,17+/m1/s1. The second-order valence-electron chi connectivity index (χ2n) is 7.11. The second-order valence-corrected chi connectivity index (χ2v) is 8.18. The van der Waals surface area contributed by atoms with Gasteiger partial charge in [0, 0.05) is 42.5 Å². The number of hydrogen-bond acceptors (Lipinski definition) is 6. The van der Waals surface area contributed by atoms with E-state index in [-0.39, 0.29) is 5.91 Å². The SMILES string of the molecule is Cc1nc(CN2C(=O)CC[C@@H]3[C@@H]2CCN3Cc2c(C)noc2C)cs1. The number of hydrogen-bond donors (Lipinski definition) is 0. The van der Waals surface area contributed by atoms with Crippen molar-refractivity contribution in [1.82, 2.24) is 19.9 Å². The van der Waals surface area contributed by atoms with Crippen molar-refractivity contribution in [3.8, 4) is 0 Å². The van der Waals surface area contributed by atoms with Crippen molar-refractivity contribution >= 4 is 17.2 Å². The minimum Gasteiger partial charge on any atom is -0.361 e. The number of fused-ring (bicyclic) bond motifs is 1. The minimum atomic E-state index is 0.270. The first-order chi connectivity index (χ1) is 12.0. The van der Waals surface area contributed by atoms with Gasteiger partial charge < -0.3 is 9.42 Å². The molecule has 4 heterocycles. The first kappa shape index (κ1) is 16.7. The van der Waals surface area contributed by atoms with Crippen LogP contribution in [0.2, 0.25) is 0 Å². The molecule has 2 aliphatic heterocycles. The van der Waals surface area contributed by atoms with E-state index in [1.807, 2.05) is 20.8 Å². The molecule has 6 nitrogen and oxygen atoms in total. The molecule has 0 N–H and O–H groups in total. The van der Waals surface area contributed by atoms with Gasteiger partial charge in [0.05, 0.1) is 22.9 Å². The van der Waals surface area contributed by atoms with Gasteiger partial charge in [0.2, 0.25) is 5.91 Å². The highest BCUT2D eigenvalue weighted by Gasteiger charge is 2.43. The number of aromatic nitrogens is 2. The zero-order valence-corrected chi connectivity index (χ0v) is 15.8. The van der Waals surface area contributed by atoms with Crippen molar-refractivity contribution in [3.05, 3.63) is 33.1 Å². The molecule has 4 rings (SSSR count). The van der Waals surface area contributed by atoms with E-state index in [0.717, 1.165) is 48.1 Å². The predicted octanol–water partition coefficient (Wildman–Crippen LogP) is 2.82. The molecule has 0 unspecified atom stereocenters. The van der Waals surface area contributed by atoms with E-state index in [0.29, 0.717) is 25.0 Å². The zero-order valence-electron chi connectivity index (χ0n) is 15.0. The van der Waals surface area contributed by atoms with Gasteiger partial charge in [-0.1, -0.05) is 5.16 Å². The van der Waals surface area contributed by atoms with E-state index < -0.39 is 0 Å². The summed E-state index contributed by atoms with van der Waals surface area (Å²) in [6.45, 7) is 8.50. The number of rotatable bonds is 4. The third-order valence-corrected chi connectivity index (χ3v) is 6.36. The van der Waals surface area contributed by atoms with E-state index >= 15 is 0 Å². The number of amides is 1. The van der Waals surface area contributed by atoms with Gasteiger partial charge in [-0.3, -0.25) is 9.69 Å². The van der Waals surface area contributed by atoms with Crippen molar-refractivity contribution in [1.29, 1.82) is 0 Å². The predicted molar refractivity (Wildman–Crippen MR) is 95.2 cm³/mol. The number of carbonyl (C=O) groups is 1. The maximum Gasteiger partial charge on any atom is 0.223 e. The lowest BCUT2D eigenvalue weighted by molar-refractivity contribution is -0.138. The zero-order chi connectivity index (χ0) is 17.6. The fraction of sp³-hybridized carbons (Fsp3) is 0.611. The molecule has 0 bridgehead atoms. The summed E-state index contributed by atoms with van der Waals surface area (Å²) in [4.78, 5) is 21.7. The van der Waals surface area contributed by atoms with Crippen LogP contribution in [-0.2, 0) is 17.9 Å². The Balaban J connectivity index is 1.50. The monoisotopic (exact) mass is 360 g/mol. The van der Waals surface area contributed by atoms with Gasteiger partial charge in [0.1, 0.15) is 5.76 Å². The van der Waals surface area contributed by atoms with Crippen molar-refractivity contribution in [2.45, 2.75) is 65.2 Å². The van der Waals surface area contributed by atoms with Crippen molar-refractivity contribution < 1.29 is 9.32 Å². The molecule has 2 aliphatic rings. The highest BCUT2D eigenvalue weighted by molar-refractivity contribution is 7.09. The fourth-order valence-electron chi connectivity index (χ4n) is 4.23. The summed E-state index contributed by atoms with van der Waals surface area (Å²) in [5.41, 5.74) is 3.18. The molecule has 25 heavy (non-hydrogen) atoms. The average Bonchev–Trinajstić information content (AvgIpc) is 3.26. The van der Waals surface area contributed by atoms with E-state index in [1.54, 1.807) is 11.3 Å². The van der Waals surface area contributed by atoms with Gasteiger partial charge in [0.25, 0.3) is 0 Å². The number of nitrogens with zero attached hydrogens (tertiary/aromatic N) is 4. The number of aryl methyl sites for hydroxylation is 3. The van der Waals surface area contributed by atoms with Crippen LogP contribution in [-0.4, -0.2) is 44.5 Å². The van der Waals surface area contributed by atoms with Crippen LogP contribution < -0.4 is 0 Å². The van der Waals surface area contributed by atoms with Gasteiger partial charge in [-0.05, 0) is 33.6 Å². The van der Waals surface area contributed by atoms with Crippen LogP contribution in [0, 0.1) is 20.8 Å². The van der Waals surface area contributed by atoms with Crippen LogP contribution >= 0.6 is 11.3 Å². The second kappa shape index (κ2) is 6.53. The lowest BCUT2D eigenvalue weighted by Crippen LogP contribution is -2.51. The van der Waals surface area contributed by atoms with Crippen LogP contribution in [0.5, 0.6) is 0 Å². The molecule has 2 fully saturated rings. The summed E-state index contributed by atoms with van der Waals surface area (Å²) in [6, 6.07) is 0.717. The van der Waals surface area contributed by atoms with Crippen LogP contribution in [0.1, 0.15) is 47.0 Å². The van der Waals surface area contributed by atoms with Crippen molar-refractivity contribution in [2.75, 3.05) is 6.54 Å². The van der Waals surface area contributed by atoms with E-state index in [2.05, 4.69) is 25.3 Å². The van der Waals surface area contributed by atoms with Gasteiger partial charge in [-0.25, -0.2) is 4.98 Å². The quantitative estimate of drug-likeness (QED) is 0.839. The maximum atomic E-state index is 12.5. The third-order valence-electron chi connectivity index (χ3n) is 5.54. The fourth-order valence-corrected chi connectivity index (χ4v) is 4.83. The Labute approximate surface area is 151 Å². The van der Waals surface area contributed by atoms with Crippen LogP contribution in [0.3, 0.4) is 0 Å². The number of likely N-dealkylation sites (tertiary alicyclic amines) is 2. The molecule has 0 radical (unpaired) electrons. The maximum absolute atomic E-state index is 12.5. The highest BCUT2D eigenvalue weighted by atomic mass is 32.1. The molecular formula is C18H24N4O2S. The Hall–Kier alpha value is -1.73. The molecule has 7 heteroatoms. The Kier molecular flexibility index (Phi) is 4.37. The van der Waals surface area contributed by atoms with Crippen LogP contribution in [0.25, 0.3) is 0 Å². The Morgan fingerprint density at radius 2 is 2.08 bits per heavy atom. The average molecular weight is 360 g/mol. The highest BCUT2D eigenvalue weighted by Crippen LogP contribution is 2.34. The van der Waals surface area contributed by atoms with Gasteiger partial charge in [-0.15, -0.1) is 11.3 Å². The van der Waals surface area contributed by atoms with Crippen molar-refractivity contribution in [3.63, 3.8) is 0 Å². The van der Waals surface area contributed by atoms with Crippen LogP contribution in [0.4, 0.5) is 0 Å². The number of piperidine rings is 1. The van der Waals surface area contributed by atoms with Crippen LogP contribution in [0.15, 0.2) is 9.90 Å². The normalized spacial score (nSPS) is 24.1. The van der Waals surface area contributed by atoms with E-state index in [4.69, 9.17) is 4.52 Å². The molecule has 2 aromatic heterocycles. The summed E-state index contributed by atoms with van der Waals surface area (Å²) < 4.78 is 5.31. The van der Waals surface area contributed by atoms with E-state index in [9.17, 15) is 4.79 Å². The molecule has 2 atom stereocenters. The molecule has 0 aromatic carbocycles. The summed E-state index contributed by atoms with van der Waals surface area (Å²) in [6.07, 6.45) is 2.60. The Morgan fingerprint density at radius 3 is 2.76 bits per heavy atom.